The fourth-order valence-electron chi connectivity index (χ4n) is 8.95. The first kappa shape index (κ1) is 28.1. The van der Waals surface area contributed by atoms with Crippen LogP contribution >= 0.6 is 0 Å². The zero-order valence-corrected chi connectivity index (χ0v) is 25.1. The first-order valence-corrected chi connectivity index (χ1v) is 16.1. The number of fused-ring (bicyclic) bond motifs is 5. The van der Waals surface area contributed by atoms with Crippen LogP contribution in [0.4, 0.5) is 0 Å². The second-order valence-corrected chi connectivity index (χ2v) is 14.6. The number of rotatable bonds is 5. The van der Waals surface area contributed by atoms with Gasteiger partial charge in [0, 0.05) is 18.3 Å². The number of ether oxygens (including phenoxy) is 3. The number of allylic oxidation sites excluding steroid dienone is 2. The lowest BCUT2D eigenvalue weighted by Gasteiger charge is -2.59. The molecule has 0 aromatic heterocycles. The lowest BCUT2D eigenvalue weighted by molar-refractivity contribution is -0.223. The fourth-order valence-corrected chi connectivity index (χ4v) is 10.3. The topological polar surface area (TPSA) is 88.1 Å². The highest BCUT2D eigenvalue weighted by atomic mass is 32.2. The molecule has 7 atom stereocenters. The number of esters is 1. The van der Waals surface area contributed by atoms with Crippen molar-refractivity contribution in [2.24, 2.45) is 28.6 Å². The Balaban J connectivity index is 1.28. The number of benzene rings is 1. The molecule has 1 aliphatic heterocycles. The van der Waals surface area contributed by atoms with Gasteiger partial charge in [-0.05, 0) is 81.3 Å². The summed E-state index contributed by atoms with van der Waals surface area (Å²) in [7, 11) is -3.85. The number of hydrogen-bond donors (Lipinski definition) is 0. The van der Waals surface area contributed by atoms with Gasteiger partial charge in [-0.2, -0.15) is 8.42 Å². The van der Waals surface area contributed by atoms with Gasteiger partial charge in [0.15, 0.2) is 5.79 Å². The summed E-state index contributed by atoms with van der Waals surface area (Å²) in [5, 5.41) is 0. The molecule has 1 heterocycles. The highest BCUT2D eigenvalue weighted by Gasteiger charge is 2.64. The van der Waals surface area contributed by atoms with Crippen LogP contribution in [0.2, 0.25) is 0 Å². The Morgan fingerprint density at radius 1 is 1.05 bits per heavy atom. The summed E-state index contributed by atoms with van der Waals surface area (Å²) >= 11 is 0. The van der Waals surface area contributed by atoms with E-state index in [1.807, 2.05) is 13.0 Å². The fraction of sp³-hybridized carbons (Fsp3) is 0.656. The summed E-state index contributed by atoms with van der Waals surface area (Å²) < 4.78 is 50.6. The van der Waals surface area contributed by atoms with Crippen molar-refractivity contribution in [1.82, 2.24) is 0 Å². The average Bonchev–Trinajstić information content (AvgIpc) is 3.49. The van der Waals surface area contributed by atoms with Crippen molar-refractivity contribution in [3.05, 3.63) is 53.1 Å². The molecule has 3 fully saturated rings. The molecule has 6 rings (SSSR count). The molecule has 0 radical (unpaired) electrons. The van der Waals surface area contributed by atoms with Crippen LogP contribution in [-0.4, -0.2) is 45.6 Å². The third kappa shape index (κ3) is 4.32. The molecular formula is C32H42O7S. The summed E-state index contributed by atoms with van der Waals surface area (Å²) in [5.74, 6) is -0.258. The molecule has 0 N–H and O–H groups in total. The Bertz CT molecular complexity index is 1360. The van der Waals surface area contributed by atoms with Gasteiger partial charge in [-0.1, -0.05) is 55.3 Å². The summed E-state index contributed by atoms with van der Waals surface area (Å²) in [6.07, 6.45) is 8.66. The molecule has 0 amide bonds. The van der Waals surface area contributed by atoms with Crippen LogP contribution in [0.25, 0.3) is 0 Å². The van der Waals surface area contributed by atoms with E-state index in [1.165, 1.54) is 18.1 Å². The molecule has 5 aliphatic rings. The van der Waals surface area contributed by atoms with Crippen molar-refractivity contribution >= 4 is 16.1 Å². The van der Waals surface area contributed by atoms with Crippen LogP contribution in [-0.2, 0) is 33.3 Å². The van der Waals surface area contributed by atoms with Gasteiger partial charge < -0.3 is 14.2 Å². The number of carbonyl (C=O) groups excluding carboxylic acids is 1. The van der Waals surface area contributed by atoms with E-state index in [1.54, 1.807) is 25.1 Å². The van der Waals surface area contributed by atoms with Gasteiger partial charge in [0.1, 0.15) is 6.10 Å². The lowest BCUT2D eigenvalue weighted by atomic mass is 9.47. The molecule has 1 saturated heterocycles. The zero-order valence-electron chi connectivity index (χ0n) is 24.3. The van der Waals surface area contributed by atoms with E-state index in [2.05, 4.69) is 26.0 Å². The molecule has 7 nitrogen and oxygen atoms in total. The first-order valence-electron chi connectivity index (χ1n) is 14.7. The van der Waals surface area contributed by atoms with Gasteiger partial charge in [0.05, 0.1) is 24.2 Å². The minimum absolute atomic E-state index is 0.0665. The van der Waals surface area contributed by atoms with Gasteiger partial charge in [0.2, 0.25) is 0 Å². The Labute approximate surface area is 238 Å². The second kappa shape index (κ2) is 9.79. The van der Waals surface area contributed by atoms with Gasteiger partial charge in [0.25, 0.3) is 10.1 Å². The molecule has 1 aromatic rings. The van der Waals surface area contributed by atoms with E-state index in [9.17, 15) is 13.2 Å². The second-order valence-electron chi connectivity index (χ2n) is 13.1. The highest BCUT2D eigenvalue weighted by molar-refractivity contribution is 7.86. The normalized spacial score (nSPS) is 38.5. The molecule has 0 bridgehead atoms. The Morgan fingerprint density at radius 3 is 2.48 bits per heavy atom. The van der Waals surface area contributed by atoms with E-state index >= 15 is 0 Å². The first-order chi connectivity index (χ1) is 18.9. The van der Waals surface area contributed by atoms with E-state index in [0.29, 0.717) is 43.5 Å². The molecule has 40 heavy (non-hydrogen) atoms. The number of carbonyl (C=O) groups is 1. The number of aryl methyl sites for hydroxylation is 1. The Kier molecular flexibility index (Phi) is 6.88. The predicted octanol–water partition coefficient (Wildman–Crippen LogP) is 5.87. The van der Waals surface area contributed by atoms with Crippen molar-refractivity contribution in [2.45, 2.75) is 96.0 Å². The average molecular weight is 571 g/mol. The SMILES string of the molecule is CC(=O)OC1C[C@H]2[C@@H](CC=C3CC(OS(=O)(=O)c4ccccc4C)CC[C@@]32C)C2=CC[C@H](C3(C)OCCO3)[C@]21C. The predicted molar refractivity (Wildman–Crippen MR) is 150 cm³/mol. The lowest BCUT2D eigenvalue weighted by Crippen LogP contribution is -2.58. The monoisotopic (exact) mass is 570 g/mol. The van der Waals surface area contributed by atoms with Crippen molar-refractivity contribution in [3.8, 4) is 0 Å². The van der Waals surface area contributed by atoms with Gasteiger partial charge in [-0.25, -0.2) is 0 Å². The van der Waals surface area contributed by atoms with Gasteiger partial charge >= 0.3 is 5.97 Å². The summed E-state index contributed by atoms with van der Waals surface area (Å²) in [6.45, 7) is 11.1. The minimum Gasteiger partial charge on any atom is -0.462 e. The van der Waals surface area contributed by atoms with Crippen LogP contribution in [0.15, 0.2) is 52.5 Å². The molecule has 8 heteroatoms. The standard InChI is InChI=1S/C32H42O7S/c1-20-8-6-7-9-27(20)40(34,35)39-23-14-15-30(3)22(18-23)10-11-24-25-12-13-28(32(5)36-16-17-37-32)31(25,4)29(19-26(24)30)38-21(2)33/h6-10,12,23-24,26,28-29H,11,13-19H2,1-5H3/t23?,24-,26-,28-,29?,30-,31-/m0/s1. The third-order valence-corrected chi connectivity index (χ3v) is 12.5. The van der Waals surface area contributed by atoms with Crippen LogP contribution in [0, 0.1) is 35.5 Å². The van der Waals surface area contributed by atoms with Crippen molar-refractivity contribution < 1.29 is 31.6 Å². The zero-order chi connectivity index (χ0) is 28.5. The summed E-state index contributed by atoms with van der Waals surface area (Å²) in [6, 6.07) is 6.97. The van der Waals surface area contributed by atoms with E-state index in [-0.39, 0.29) is 39.8 Å². The van der Waals surface area contributed by atoms with Crippen molar-refractivity contribution in [2.75, 3.05) is 13.2 Å². The van der Waals surface area contributed by atoms with Crippen molar-refractivity contribution in [1.29, 1.82) is 0 Å². The van der Waals surface area contributed by atoms with E-state index in [4.69, 9.17) is 18.4 Å². The highest BCUT2D eigenvalue weighted by Crippen LogP contribution is 2.67. The van der Waals surface area contributed by atoms with Gasteiger partial charge in [-0.3, -0.25) is 8.98 Å². The summed E-state index contributed by atoms with van der Waals surface area (Å²) in [4.78, 5) is 12.6. The molecule has 2 saturated carbocycles. The molecule has 218 valence electrons. The smallest absolute Gasteiger partial charge is 0.302 e. The summed E-state index contributed by atoms with van der Waals surface area (Å²) in [5.41, 5.74) is 2.86. The molecule has 2 unspecified atom stereocenters. The van der Waals surface area contributed by atoms with Crippen LogP contribution in [0.3, 0.4) is 0 Å². The van der Waals surface area contributed by atoms with Crippen LogP contribution in [0.5, 0.6) is 0 Å². The third-order valence-electron chi connectivity index (χ3n) is 11.0. The maximum absolute atomic E-state index is 13.1. The Hall–Kier alpha value is -2.00. The maximum atomic E-state index is 13.1. The number of hydrogen-bond acceptors (Lipinski definition) is 7. The quantitative estimate of drug-likeness (QED) is 0.248. The molecular weight excluding hydrogens is 528 g/mol. The molecule has 4 aliphatic carbocycles. The van der Waals surface area contributed by atoms with Gasteiger partial charge in [-0.15, -0.1) is 0 Å². The maximum Gasteiger partial charge on any atom is 0.302 e. The molecule has 0 spiro atoms. The molecule has 1 aromatic carbocycles. The minimum atomic E-state index is -3.85. The van der Waals surface area contributed by atoms with Crippen molar-refractivity contribution in [3.63, 3.8) is 0 Å². The Morgan fingerprint density at radius 2 is 1.77 bits per heavy atom. The van der Waals surface area contributed by atoms with E-state index < -0.39 is 15.9 Å². The van der Waals surface area contributed by atoms with Crippen LogP contribution in [0.1, 0.15) is 71.8 Å². The van der Waals surface area contributed by atoms with Crippen LogP contribution < -0.4 is 0 Å². The van der Waals surface area contributed by atoms with E-state index in [0.717, 1.165) is 25.7 Å². The largest absolute Gasteiger partial charge is 0.462 e.